The zero-order valence-electron chi connectivity index (χ0n) is 12.5. The summed E-state index contributed by atoms with van der Waals surface area (Å²) in [6.45, 7) is 8.00. The van der Waals surface area contributed by atoms with Crippen molar-refractivity contribution in [1.29, 1.82) is 0 Å². The topological polar surface area (TPSA) is 62.6 Å². The number of piperazine rings is 1. The fourth-order valence-corrected chi connectivity index (χ4v) is 2.65. The number of nitrogens with one attached hydrogen (secondary N) is 1. The minimum Gasteiger partial charge on any atom is -0.464 e. The molecule has 0 radical (unpaired) electrons. The molecule has 1 aliphatic heterocycles. The van der Waals surface area contributed by atoms with Gasteiger partial charge in [0.15, 0.2) is 0 Å². The van der Waals surface area contributed by atoms with Gasteiger partial charge in [0.25, 0.3) is 0 Å². The third-order valence-corrected chi connectivity index (χ3v) is 3.66. The Morgan fingerprint density at radius 2 is 2.05 bits per heavy atom. The van der Waals surface area contributed by atoms with Crippen molar-refractivity contribution in [2.24, 2.45) is 5.92 Å². The van der Waals surface area contributed by atoms with Crippen LogP contribution in [0.25, 0.3) is 0 Å². The first-order valence-corrected chi connectivity index (χ1v) is 7.10. The quantitative estimate of drug-likeness (QED) is 0.914. The summed E-state index contributed by atoms with van der Waals surface area (Å²) in [7, 11) is 0. The predicted molar refractivity (Wildman–Crippen MR) is 74.8 cm³/mol. The summed E-state index contributed by atoms with van der Waals surface area (Å²) in [6.07, 6.45) is 0.600. The molecule has 2 amide bonds. The molecule has 5 nitrogen and oxygen atoms in total. The van der Waals surface area contributed by atoms with E-state index < -0.39 is 12.1 Å². The number of carbonyl (C=O) groups excluding carboxylic acids is 2. The van der Waals surface area contributed by atoms with Crippen LogP contribution in [0.2, 0.25) is 0 Å². The summed E-state index contributed by atoms with van der Waals surface area (Å²) >= 11 is 0. The van der Waals surface area contributed by atoms with Crippen molar-refractivity contribution in [3.05, 3.63) is 23.7 Å². The molecular formula is C15H22N2O3. The van der Waals surface area contributed by atoms with Crippen LogP contribution in [0.1, 0.15) is 38.7 Å². The van der Waals surface area contributed by atoms with Gasteiger partial charge >= 0.3 is 0 Å². The van der Waals surface area contributed by atoms with Gasteiger partial charge in [0, 0.05) is 0 Å². The molecule has 1 saturated heterocycles. The van der Waals surface area contributed by atoms with Crippen molar-refractivity contribution in [2.45, 2.75) is 52.7 Å². The van der Waals surface area contributed by atoms with Crippen molar-refractivity contribution in [3.63, 3.8) is 0 Å². The monoisotopic (exact) mass is 278 g/mol. The Bertz CT molecular complexity index is 507. The molecule has 20 heavy (non-hydrogen) atoms. The minimum atomic E-state index is -0.435. The first-order chi connectivity index (χ1) is 9.43. The zero-order chi connectivity index (χ0) is 14.9. The lowest BCUT2D eigenvalue weighted by Crippen LogP contribution is -2.64. The standard InChI is InChI=1S/C15H22N2O3/c1-5-12-15(19)17(8-11-7-6-10(4)20-11)13(9(2)3)14(18)16-12/h6-7,9,12-13H,5,8H2,1-4H3,(H,16,18). The van der Waals surface area contributed by atoms with E-state index in [1.165, 1.54) is 0 Å². The molecule has 5 heteroatoms. The minimum absolute atomic E-state index is 0.0279. The molecule has 0 saturated carbocycles. The molecule has 2 heterocycles. The Morgan fingerprint density at radius 3 is 2.55 bits per heavy atom. The third-order valence-electron chi connectivity index (χ3n) is 3.66. The van der Waals surface area contributed by atoms with Gasteiger partial charge in [-0.05, 0) is 31.4 Å². The van der Waals surface area contributed by atoms with Gasteiger partial charge in [-0.2, -0.15) is 0 Å². The molecular weight excluding hydrogens is 256 g/mol. The number of nitrogens with zero attached hydrogens (tertiary/aromatic N) is 1. The lowest BCUT2D eigenvalue weighted by molar-refractivity contribution is -0.152. The second kappa shape index (κ2) is 5.69. The van der Waals surface area contributed by atoms with Gasteiger partial charge in [0.1, 0.15) is 23.6 Å². The molecule has 1 aromatic heterocycles. The van der Waals surface area contributed by atoms with E-state index in [0.29, 0.717) is 18.7 Å². The van der Waals surface area contributed by atoms with Gasteiger partial charge < -0.3 is 14.6 Å². The number of furan rings is 1. The Hall–Kier alpha value is -1.78. The molecule has 0 aliphatic carbocycles. The average molecular weight is 278 g/mol. The van der Waals surface area contributed by atoms with Gasteiger partial charge in [0.2, 0.25) is 11.8 Å². The van der Waals surface area contributed by atoms with Crippen LogP contribution < -0.4 is 5.32 Å². The molecule has 1 aromatic rings. The number of carbonyl (C=O) groups is 2. The van der Waals surface area contributed by atoms with E-state index in [1.807, 2.05) is 39.8 Å². The molecule has 1 aliphatic rings. The Morgan fingerprint density at radius 1 is 1.35 bits per heavy atom. The SMILES string of the molecule is CCC1NC(=O)C(C(C)C)N(Cc2ccc(C)o2)C1=O. The molecule has 2 unspecified atom stereocenters. The van der Waals surface area contributed by atoms with Crippen LogP contribution in [0.15, 0.2) is 16.5 Å². The van der Waals surface area contributed by atoms with Crippen molar-refractivity contribution >= 4 is 11.8 Å². The van der Waals surface area contributed by atoms with Crippen LogP contribution in [-0.4, -0.2) is 28.8 Å². The Labute approximate surface area is 119 Å². The summed E-state index contributed by atoms with van der Waals surface area (Å²) in [5.74, 6) is 1.48. The van der Waals surface area contributed by atoms with Crippen LogP contribution >= 0.6 is 0 Å². The summed E-state index contributed by atoms with van der Waals surface area (Å²) < 4.78 is 5.54. The maximum absolute atomic E-state index is 12.5. The number of rotatable bonds is 4. The second-order valence-electron chi connectivity index (χ2n) is 5.64. The Balaban J connectivity index is 2.27. The van der Waals surface area contributed by atoms with Crippen LogP contribution in [0.3, 0.4) is 0 Å². The van der Waals surface area contributed by atoms with Crippen LogP contribution in [0.4, 0.5) is 0 Å². The van der Waals surface area contributed by atoms with Gasteiger partial charge in [-0.15, -0.1) is 0 Å². The fraction of sp³-hybridized carbons (Fsp3) is 0.600. The molecule has 0 aromatic carbocycles. The van der Waals surface area contributed by atoms with Crippen LogP contribution in [0, 0.1) is 12.8 Å². The average Bonchev–Trinajstić information content (AvgIpc) is 2.78. The second-order valence-corrected chi connectivity index (χ2v) is 5.64. The van der Waals surface area contributed by atoms with Crippen LogP contribution in [-0.2, 0) is 16.1 Å². The summed E-state index contributed by atoms with van der Waals surface area (Å²) in [6, 6.07) is 2.86. The zero-order valence-corrected chi connectivity index (χ0v) is 12.5. The van der Waals surface area contributed by atoms with Crippen LogP contribution in [0.5, 0.6) is 0 Å². The summed E-state index contributed by atoms with van der Waals surface area (Å²) in [5, 5.41) is 2.81. The smallest absolute Gasteiger partial charge is 0.246 e. The number of aryl methyl sites for hydroxylation is 1. The van der Waals surface area contributed by atoms with Gasteiger partial charge in [-0.1, -0.05) is 20.8 Å². The highest BCUT2D eigenvalue weighted by molar-refractivity contribution is 5.97. The maximum Gasteiger partial charge on any atom is 0.246 e. The third kappa shape index (κ3) is 2.71. The number of amides is 2. The molecule has 2 rings (SSSR count). The first kappa shape index (κ1) is 14.6. The number of hydrogen-bond donors (Lipinski definition) is 1. The molecule has 0 bridgehead atoms. The molecule has 0 spiro atoms. The van der Waals surface area contributed by atoms with E-state index in [9.17, 15) is 9.59 Å². The Kier molecular flexibility index (Phi) is 4.16. The predicted octanol–water partition coefficient (Wildman–Crippen LogP) is 1.85. The molecule has 1 N–H and O–H groups in total. The van der Waals surface area contributed by atoms with Gasteiger partial charge in [-0.25, -0.2) is 0 Å². The molecule has 2 atom stereocenters. The lowest BCUT2D eigenvalue weighted by Gasteiger charge is -2.40. The van der Waals surface area contributed by atoms with Gasteiger partial charge in [-0.3, -0.25) is 9.59 Å². The van der Waals surface area contributed by atoms with E-state index in [2.05, 4.69) is 5.32 Å². The van der Waals surface area contributed by atoms with Crippen molar-refractivity contribution in [1.82, 2.24) is 10.2 Å². The first-order valence-electron chi connectivity index (χ1n) is 7.10. The highest BCUT2D eigenvalue weighted by Gasteiger charge is 2.41. The lowest BCUT2D eigenvalue weighted by atomic mass is 9.96. The highest BCUT2D eigenvalue weighted by atomic mass is 16.3. The van der Waals surface area contributed by atoms with E-state index in [4.69, 9.17) is 4.42 Å². The van der Waals surface area contributed by atoms with Gasteiger partial charge in [0.05, 0.1) is 6.54 Å². The summed E-state index contributed by atoms with van der Waals surface area (Å²) in [4.78, 5) is 26.4. The van der Waals surface area contributed by atoms with Crippen molar-refractivity contribution in [3.8, 4) is 0 Å². The number of hydrogen-bond acceptors (Lipinski definition) is 3. The normalized spacial score (nSPS) is 23.4. The van der Waals surface area contributed by atoms with Crippen molar-refractivity contribution < 1.29 is 14.0 Å². The fourth-order valence-electron chi connectivity index (χ4n) is 2.65. The van der Waals surface area contributed by atoms with E-state index in [1.54, 1.807) is 4.90 Å². The molecule has 1 fully saturated rings. The van der Waals surface area contributed by atoms with Crippen molar-refractivity contribution in [2.75, 3.05) is 0 Å². The largest absolute Gasteiger partial charge is 0.464 e. The molecule has 110 valence electrons. The van der Waals surface area contributed by atoms with E-state index in [0.717, 1.165) is 5.76 Å². The van der Waals surface area contributed by atoms with E-state index >= 15 is 0 Å². The maximum atomic E-state index is 12.5. The summed E-state index contributed by atoms with van der Waals surface area (Å²) in [5.41, 5.74) is 0. The highest BCUT2D eigenvalue weighted by Crippen LogP contribution is 2.22. The van der Waals surface area contributed by atoms with E-state index in [-0.39, 0.29) is 17.7 Å².